The number of aromatic nitrogens is 2. The number of carbonyl (C=O) groups excluding carboxylic acids is 1. The number of hydrogen-bond donors (Lipinski definition) is 1. The van der Waals surface area contributed by atoms with E-state index < -0.39 is 5.91 Å². The molecule has 1 radical (unpaired) electrons. The van der Waals surface area contributed by atoms with Gasteiger partial charge < -0.3 is 5.73 Å². The first kappa shape index (κ1) is 6.67. The van der Waals surface area contributed by atoms with Gasteiger partial charge in [0.15, 0.2) is 0 Å². The van der Waals surface area contributed by atoms with Gasteiger partial charge in [-0.3, -0.25) is 4.79 Å². The van der Waals surface area contributed by atoms with Crippen molar-refractivity contribution in [2.75, 3.05) is 0 Å². The van der Waals surface area contributed by atoms with Gasteiger partial charge in [0.2, 0.25) is 5.91 Å². The molecule has 0 fully saturated rings. The van der Waals surface area contributed by atoms with Crippen LogP contribution < -0.4 is 5.73 Å². The van der Waals surface area contributed by atoms with Crippen molar-refractivity contribution in [1.82, 2.24) is 10.2 Å². The van der Waals surface area contributed by atoms with E-state index in [0.29, 0.717) is 5.69 Å². The molecule has 51 valence electrons. The van der Waals surface area contributed by atoms with E-state index in [1.54, 1.807) is 12.1 Å². The highest BCUT2D eigenvalue weighted by atomic mass is 16.1. The van der Waals surface area contributed by atoms with Crippen LogP contribution >= 0.6 is 0 Å². The average molecular weight is 136 g/mol. The van der Waals surface area contributed by atoms with E-state index >= 15 is 0 Å². The normalized spacial score (nSPS) is 9.20. The molecule has 0 aliphatic rings. The van der Waals surface area contributed by atoms with Crippen LogP contribution in [0.4, 0.5) is 0 Å². The second kappa shape index (κ2) is 2.91. The van der Waals surface area contributed by atoms with Crippen molar-refractivity contribution in [3.8, 4) is 0 Å². The number of nitrogens with zero attached hydrogens (tertiary/aromatic N) is 2. The van der Waals surface area contributed by atoms with Gasteiger partial charge in [0.25, 0.3) is 0 Å². The molecule has 1 amide bonds. The molecule has 0 aliphatic heterocycles. The molecule has 0 atom stereocenters. The summed E-state index contributed by atoms with van der Waals surface area (Å²) in [5.74, 6) is -0.513. The number of hydrogen-bond acceptors (Lipinski definition) is 3. The maximum absolute atomic E-state index is 10.3. The van der Waals surface area contributed by atoms with Gasteiger partial charge in [-0.2, -0.15) is 10.2 Å². The van der Waals surface area contributed by atoms with Gasteiger partial charge in [0, 0.05) is 6.20 Å². The lowest BCUT2D eigenvalue weighted by Gasteiger charge is -1.90. The summed E-state index contributed by atoms with van der Waals surface area (Å²) in [6.45, 7) is 0. The Bertz CT molecular complexity index is 222. The molecule has 0 spiro atoms. The third-order valence-corrected chi connectivity index (χ3v) is 0.883. The van der Waals surface area contributed by atoms with Crippen LogP contribution in [0.5, 0.6) is 0 Å². The fraction of sp³-hybridized carbons (Fsp3) is 0. The molecule has 4 nitrogen and oxygen atoms in total. The summed E-state index contributed by atoms with van der Waals surface area (Å²) in [6, 6.07) is 3.33. The Morgan fingerprint density at radius 1 is 1.70 bits per heavy atom. The number of rotatable bonds is 2. The molecular weight excluding hydrogens is 130 g/mol. The van der Waals surface area contributed by atoms with Gasteiger partial charge in [0.05, 0.1) is 12.1 Å². The highest BCUT2D eigenvalue weighted by Gasteiger charge is 1.97. The largest absolute Gasteiger partial charge is 0.369 e. The summed E-state index contributed by atoms with van der Waals surface area (Å²) in [4.78, 5) is 10.3. The fourth-order valence-corrected chi connectivity index (χ4v) is 0.536. The molecule has 1 aromatic rings. The quantitative estimate of drug-likeness (QED) is 0.596. The summed E-state index contributed by atoms with van der Waals surface area (Å²) < 4.78 is 0. The van der Waals surface area contributed by atoms with Gasteiger partial charge in [-0.05, 0) is 12.1 Å². The first-order valence-electron chi connectivity index (χ1n) is 2.71. The van der Waals surface area contributed by atoms with Gasteiger partial charge in [-0.25, -0.2) is 0 Å². The van der Waals surface area contributed by atoms with Gasteiger partial charge in [-0.1, -0.05) is 0 Å². The van der Waals surface area contributed by atoms with Crippen molar-refractivity contribution in [1.29, 1.82) is 0 Å². The minimum absolute atomic E-state index is 0.481. The van der Waals surface area contributed by atoms with Crippen LogP contribution in [0.1, 0.15) is 5.69 Å². The maximum Gasteiger partial charge on any atom is 0.227 e. The zero-order chi connectivity index (χ0) is 7.40. The Kier molecular flexibility index (Phi) is 1.94. The minimum Gasteiger partial charge on any atom is -0.369 e. The molecular formula is C6H6N3O. The first-order chi connectivity index (χ1) is 4.79. The molecule has 2 N–H and O–H groups in total. The van der Waals surface area contributed by atoms with Crippen LogP contribution in [0.25, 0.3) is 0 Å². The number of nitrogens with two attached hydrogens (primary N) is 1. The zero-order valence-electron chi connectivity index (χ0n) is 5.19. The Balaban J connectivity index is 2.67. The molecule has 0 bridgehead atoms. The highest BCUT2D eigenvalue weighted by Crippen LogP contribution is 1.92. The molecule has 0 aromatic carbocycles. The van der Waals surface area contributed by atoms with Crippen LogP contribution in [0.3, 0.4) is 0 Å². The summed E-state index contributed by atoms with van der Waals surface area (Å²) in [7, 11) is 0. The van der Waals surface area contributed by atoms with E-state index in [-0.39, 0.29) is 0 Å². The van der Waals surface area contributed by atoms with Crippen LogP contribution in [-0.2, 0) is 4.79 Å². The van der Waals surface area contributed by atoms with Crippen molar-refractivity contribution in [3.05, 3.63) is 30.4 Å². The molecule has 4 heteroatoms. The van der Waals surface area contributed by atoms with Crippen LogP contribution in [0, 0.1) is 6.42 Å². The Labute approximate surface area is 58.1 Å². The second-order valence-electron chi connectivity index (χ2n) is 1.70. The molecule has 1 rings (SSSR count). The SMILES string of the molecule is NC(=O)[CH]c1cccnn1. The monoisotopic (exact) mass is 136 g/mol. The van der Waals surface area contributed by atoms with Crippen molar-refractivity contribution in [2.24, 2.45) is 5.73 Å². The summed E-state index contributed by atoms with van der Waals surface area (Å²) >= 11 is 0. The maximum atomic E-state index is 10.3. The van der Waals surface area contributed by atoms with Crippen molar-refractivity contribution in [3.63, 3.8) is 0 Å². The van der Waals surface area contributed by atoms with E-state index in [1.165, 1.54) is 12.6 Å². The summed E-state index contributed by atoms with van der Waals surface area (Å²) in [6.07, 6.45) is 2.74. The highest BCUT2D eigenvalue weighted by molar-refractivity contribution is 5.86. The molecule has 0 saturated heterocycles. The summed E-state index contributed by atoms with van der Waals surface area (Å²) in [5.41, 5.74) is 5.34. The Morgan fingerprint density at radius 2 is 2.50 bits per heavy atom. The molecule has 10 heavy (non-hydrogen) atoms. The van der Waals surface area contributed by atoms with Crippen LogP contribution in [-0.4, -0.2) is 16.1 Å². The molecule has 1 heterocycles. The van der Waals surface area contributed by atoms with Crippen molar-refractivity contribution >= 4 is 5.91 Å². The topological polar surface area (TPSA) is 68.9 Å². The fourth-order valence-electron chi connectivity index (χ4n) is 0.536. The Morgan fingerprint density at radius 3 is 3.00 bits per heavy atom. The van der Waals surface area contributed by atoms with Gasteiger partial charge in [-0.15, -0.1) is 0 Å². The van der Waals surface area contributed by atoms with Crippen molar-refractivity contribution in [2.45, 2.75) is 0 Å². The lowest BCUT2D eigenvalue weighted by molar-refractivity contribution is -0.114. The van der Waals surface area contributed by atoms with Gasteiger partial charge >= 0.3 is 0 Å². The predicted octanol–water partition coefficient (Wildman–Crippen LogP) is -0.486. The van der Waals surface area contributed by atoms with Crippen molar-refractivity contribution < 1.29 is 4.79 Å². The standard InChI is InChI=1S/C6H6N3O/c7-6(10)4-5-2-1-3-8-9-5/h1-4H,(H2,7,10). The number of primary amides is 1. The number of carbonyl (C=O) groups is 1. The minimum atomic E-state index is -0.513. The van der Waals surface area contributed by atoms with Gasteiger partial charge in [0.1, 0.15) is 0 Å². The van der Waals surface area contributed by atoms with Crippen LogP contribution in [0.15, 0.2) is 18.3 Å². The zero-order valence-corrected chi connectivity index (χ0v) is 5.19. The predicted molar refractivity (Wildman–Crippen MR) is 34.6 cm³/mol. The first-order valence-corrected chi connectivity index (χ1v) is 2.71. The van der Waals surface area contributed by atoms with E-state index in [4.69, 9.17) is 5.73 Å². The lowest BCUT2D eigenvalue weighted by Crippen LogP contribution is -2.12. The van der Waals surface area contributed by atoms with E-state index in [1.807, 2.05) is 0 Å². The molecule has 0 unspecified atom stereocenters. The summed E-state index contributed by atoms with van der Waals surface area (Å²) in [5, 5.41) is 7.16. The average Bonchev–Trinajstić information content (AvgIpc) is 1.88. The van der Waals surface area contributed by atoms with E-state index in [2.05, 4.69) is 10.2 Å². The number of amides is 1. The smallest absolute Gasteiger partial charge is 0.227 e. The third kappa shape index (κ3) is 1.81. The molecule has 0 aliphatic carbocycles. The second-order valence-corrected chi connectivity index (χ2v) is 1.70. The van der Waals surface area contributed by atoms with E-state index in [0.717, 1.165) is 0 Å². The molecule has 1 aromatic heterocycles. The Hall–Kier alpha value is -1.45. The van der Waals surface area contributed by atoms with E-state index in [9.17, 15) is 4.79 Å². The van der Waals surface area contributed by atoms with Crippen LogP contribution in [0.2, 0.25) is 0 Å². The lowest BCUT2D eigenvalue weighted by atomic mass is 10.3. The molecule has 0 saturated carbocycles. The third-order valence-electron chi connectivity index (χ3n) is 0.883.